The number of nitrogens with zero attached hydrogens (tertiary/aromatic N) is 4. The Morgan fingerprint density at radius 3 is 2.45 bits per heavy atom. The quantitative estimate of drug-likeness (QED) is 0.629. The molecule has 2 aromatic heterocycles. The molecule has 5 rings (SSSR count). The van der Waals surface area contributed by atoms with Crippen LogP contribution in [0.3, 0.4) is 0 Å². The molecule has 0 radical (unpaired) electrons. The van der Waals surface area contributed by atoms with Gasteiger partial charge in [0, 0.05) is 48.4 Å². The van der Waals surface area contributed by atoms with Gasteiger partial charge in [0.25, 0.3) is 0 Å². The van der Waals surface area contributed by atoms with Crippen LogP contribution in [-0.4, -0.2) is 46.7 Å². The van der Waals surface area contributed by atoms with Crippen molar-refractivity contribution < 1.29 is 9.53 Å². The predicted octanol–water partition coefficient (Wildman–Crippen LogP) is 4.38. The standard InChI is InChI=1S/C26H33N5O2/c1-18-16-25(30-14-12-20(13-15-30)26(32)28-21-6-4-3-5-7-21)31-24(27-18)17-23(29-31)19-8-10-22(33-2)11-9-19/h8-11,16-17,20-21H,3-7,12-15H2,1-2H3,(H,28,32). The number of methoxy groups -OCH3 is 1. The Labute approximate surface area is 195 Å². The summed E-state index contributed by atoms with van der Waals surface area (Å²) in [5.41, 5.74) is 3.73. The molecule has 3 heterocycles. The van der Waals surface area contributed by atoms with E-state index in [1.807, 2.05) is 41.8 Å². The highest BCUT2D eigenvalue weighted by atomic mass is 16.5. The van der Waals surface area contributed by atoms with Gasteiger partial charge in [0.05, 0.1) is 12.8 Å². The fourth-order valence-corrected chi connectivity index (χ4v) is 5.15. The van der Waals surface area contributed by atoms with E-state index in [2.05, 4.69) is 16.3 Å². The van der Waals surface area contributed by atoms with Gasteiger partial charge in [-0.05, 0) is 56.9 Å². The van der Waals surface area contributed by atoms with Gasteiger partial charge < -0.3 is 15.0 Å². The lowest BCUT2D eigenvalue weighted by Gasteiger charge is -2.34. The van der Waals surface area contributed by atoms with Crippen LogP contribution in [0.25, 0.3) is 16.9 Å². The number of piperidine rings is 1. The van der Waals surface area contributed by atoms with Crippen molar-refractivity contribution in [2.75, 3.05) is 25.1 Å². The maximum absolute atomic E-state index is 12.8. The largest absolute Gasteiger partial charge is 0.497 e. The number of aryl methyl sites for hydroxylation is 1. The van der Waals surface area contributed by atoms with Crippen LogP contribution < -0.4 is 15.0 Å². The minimum Gasteiger partial charge on any atom is -0.497 e. The molecule has 0 spiro atoms. The Kier molecular flexibility index (Phi) is 6.20. The van der Waals surface area contributed by atoms with Crippen LogP contribution in [0.2, 0.25) is 0 Å². The summed E-state index contributed by atoms with van der Waals surface area (Å²) in [6.45, 7) is 3.71. The zero-order valence-corrected chi connectivity index (χ0v) is 19.6. The lowest BCUT2D eigenvalue weighted by atomic mass is 9.92. The minimum atomic E-state index is 0.106. The Morgan fingerprint density at radius 1 is 1.03 bits per heavy atom. The smallest absolute Gasteiger partial charge is 0.223 e. The zero-order valence-electron chi connectivity index (χ0n) is 19.6. The summed E-state index contributed by atoms with van der Waals surface area (Å²) < 4.78 is 7.21. The van der Waals surface area contributed by atoms with Crippen LogP contribution in [0.1, 0.15) is 50.6 Å². The van der Waals surface area contributed by atoms with Gasteiger partial charge in [0.15, 0.2) is 5.65 Å². The van der Waals surface area contributed by atoms with E-state index in [9.17, 15) is 4.79 Å². The van der Waals surface area contributed by atoms with E-state index in [1.54, 1.807) is 7.11 Å². The van der Waals surface area contributed by atoms with Crippen molar-refractivity contribution in [2.24, 2.45) is 5.92 Å². The molecule has 1 N–H and O–H groups in total. The van der Waals surface area contributed by atoms with E-state index < -0.39 is 0 Å². The molecule has 1 aromatic carbocycles. The van der Waals surface area contributed by atoms with E-state index in [1.165, 1.54) is 19.3 Å². The molecule has 174 valence electrons. The molecule has 33 heavy (non-hydrogen) atoms. The third-order valence-electron chi connectivity index (χ3n) is 7.06. The lowest BCUT2D eigenvalue weighted by Crippen LogP contribution is -2.44. The Balaban J connectivity index is 1.31. The lowest BCUT2D eigenvalue weighted by molar-refractivity contribution is -0.126. The van der Waals surface area contributed by atoms with Crippen molar-refractivity contribution in [1.29, 1.82) is 0 Å². The highest BCUT2D eigenvalue weighted by molar-refractivity contribution is 5.79. The summed E-state index contributed by atoms with van der Waals surface area (Å²) in [7, 11) is 1.67. The number of fused-ring (bicyclic) bond motifs is 1. The van der Waals surface area contributed by atoms with Crippen molar-refractivity contribution in [3.63, 3.8) is 0 Å². The third kappa shape index (κ3) is 4.68. The molecule has 3 aromatic rings. The highest BCUT2D eigenvalue weighted by Gasteiger charge is 2.28. The van der Waals surface area contributed by atoms with Gasteiger partial charge in [0.1, 0.15) is 11.6 Å². The van der Waals surface area contributed by atoms with Crippen molar-refractivity contribution >= 4 is 17.4 Å². The fourth-order valence-electron chi connectivity index (χ4n) is 5.15. The molecule has 1 amide bonds. The number of benzene rings is 1. The zero-order chi connectivity index (χ0) is 22.8. The first-order valence-electron chi connectivity index (χ1n) is 12.2. The molecule has 0 unspecified atom stereocenters. The number of ether oxygens (including phenoxy) is 1. The number of hydrogen-bond acceptors (Lipinski definition) is 5. The normalized spacial score (nSPS) is 17.9. The summed E-state index contributed by atoms with van der Waals surface area (Å²) >= 11 is 0. The maximum Gasteiger partial charge on any atom is 0.223 e. The number of carbonyl (C=O) groups is 1. The van der Waals surface area contributed by atoms with Crippen molar-refractivity contribution in [2.45, 2.75) is 57.9 Å². The van der Waals surface area contributed by atoms with E-state index in [-0.39, 0.29) is 11.8 Å². The Bertz CT molecular complexity index is 1110. The highest BCUT2D eigenvalue weighted by Crippen LogP contribution is 2.28. The second kappa shape index (κ2) is 9.41. The monoisotopic (exact) mass is 447 g/mol. The van der Waals surface area contributed by atoms with Gasteiger partial charge in [-0.2, -0.15) is 9.61 Å². The summed E-state index contributed by atoms with van der Waals surface area (Å²) in [5.74, 6) is 2.23. The summed E-state index contributed by atoms with van der Waals surface area (Å²) in [5, 5.41) is 8.20. The Hall–Kier alpha value is -3.09. The second-order valence-corrected chi connectivity index (χ2v) is 9.39. The summed E-state index contributed by atoms with van der Waals surface area (Å²) in [6, 6.07) is 12.4. The van der Waals surface area contributed by atoms with E-state index in [0.29, 0.717) is 6.04 Å². The van der Waals surface area contributed by atoms with Gasteiger partial charge in [0.2, 0.25) is 5.91 Å². The minimum absolute atomic E-state index is 0.106. The molecular weight excluding hydrogens is 414 g/mol. The van der Waals surface area contributed by atoms with Gasteiger partial charge in [-0.15, -0.1) is 0 Å². The number of nitrogens with one attached hydrogen (secondary N) is 1. The SMILES string of the molecule is COc1ccc(-c2cc3nc(C)cc(N4CCC(C(=O)NC5CCCCC5)CC4)n3n2)cc1. The van der Waals surface area contributed by atoms with E-state index in [4.69, 9.17) is 14.8 Å². The number of anilines is 1. The molecule has 2 fully saturated rings. The summed E-state index contributed by atoms with van der Waals surface area (Å²) in [4.78, 5) is 19.9. The summed E-state index contributed by atoms with van der Waals surface area (Å²) in [6.07, 6.45) is 7.79. The first-order chi connectivity index (χ1) is 16.1. The van der Waals surface area contributed by atoms with Gasteiger partial charge in [-0.1, -0.05) is 19.3 Å². The van der Waals surface area contributed by atoms with Gasteiger partial charge in [-0.3, -0.25) is 4.79 Å². The van der Waals surface area contributed by atoms with Crippen LogP contribution in [0.5, 0.6) is 5.75 Å². The number of rotatable bonds is 5. The topological polar surface area (TPSA) is 71.8 Å². The molecule has 1 saturated heterocycles. The number of carbonyl (C=O) groups excluding carboxylic acids is 1. The van der Waals surface area contributed by atoms with Crippen LogP contribution in [0.4, 0.5) is 5.82 Å². The van der Waals surface area contributed by atoms with Gasteiger partial charge in [-0.25, -0.2) is 4.98 Å². The molecule has 7 nitrogen and oxygen atoms in total. The molecule has 7 heteroatoms. The molecular formula is C26H33N5O2. The van der Waals surface area contributed by atoms with Crippen molar-refractivity contribution in [3.8, 4) is 17.0 Å². The Morgan fingerprint density at radius 2 is 1.76 bits per heavy atom. The first kappa shape index (κ1) is 21.7. The van der Waals surface area contributed by atoms with Crippen molar-refractivity contribution in [3.05, 3.63) is 42.1 Å². The molecule has 1 aliphatic heterocycles. The second-order valence-electron chi connectivity index (χ2n) is 9.39. The van der Waals surface area contributed by atoms with Crippen LogP contribution in [0.15, 0.2) is 36.4 Å². The first-order valence-corrected chi connectivity index (χ1v) is 12.2. The van der Waals surface area contributed by atoms with E-state index in [0.717, 1.165) is 72.9 Å². The average Bonchev–Trinajstić information content (AvgIpc) is 3.28. The molecule has 0 atom stereocenters. The third-order valence-corrected chi connectivity index (χ3v) is 7.06. The predicted molar refractivity (Wildman–Crippen MR) is 130 cm³/mol. The van der Waals surface area contributed by atoms with Crippen LogP contribution >= 0.6 is 0 Å². The van der Waals surface area contributed by atoms with E-state index >= 15 is 0 Å². The van der Waals surface area contributed by atoms with Crippen LogP contribution in [0, 0.1) is 12.8 Å². The van der Waals surface area contributed by atoms with Gasteiger partial charge >= 0.3 is 0 Å². The molecule has 2 aliphatic rings. The number of aromatic nitrogens is 3. The average molecular weight is 448 g/mol. The van der Waals surface area contributed by atoms with Crippen molar-refractivity contribution in [1.82, 2.24) is 19.9 Å². The number of amides is 1. The van der Waals surface area contributed by atoms with Crippen LogP contribution in [-0.2, 0) is 4.79 Å². The fraction of sp³-hybridized carbons (Fsp3) is 0.500. The maximum atomic E-state index is 12.8. The molecule has 1 saturated carbocycles. The molecule has 1 aliphatic carbocycles. The molecule has 0 bridgehead atoms. The number of hydrogen-bond donors (Lipinski definition) is 1.